The molecule has 0 spiro atoms. The first kappa shape index (κ1) is 64.0. The molecule has 2 rings (SSSR count). The summed E-state index contributed by atoms with van der Waals surface area (Å²) in [5.74, 6) is -1.91. The maximum atomic E-state index is 11.8. The second kappa shape index (κ2) is 29.9. The van der Waals surface area contributed by atoms with Crippen LogP contribution in [0.15, 0.2) is 60.7 Å². The average Bonchev–Trinajstić information content (AvgIpc) is 3.15. The zero-order valence-corrected chi connectivity index (χ0v) is 44.3. The summed E-state index contributed by atoms with van der Waals surface area (Å²) >= 11 is 6.43. The van der Waals surface area contributed by atoms with Gasteiger partial charge >= 0.3 is 23.9 Å². The minimum Gasteiger partial charge on any atom is -0.481 e. The molecule has 0 aliphatic carbocycles. The molecular formula is C45H75ClO8Y2. The van der Waals surface area contributed by atoms with Gasteiger partial charge in [-0.25, -0.2) is 0 Å². The van der Waals surface area contributed by atoms with Gasteiger partial charge in [-0.05, 0) is 95.1 Å². The summed E-state index contributed by atoms with van der Waals surface area (Å²) in [7, 11) is 2.80. The number of carboxylic acids is 2. The van der Waals surface area contributed by atoms with Gasteiger partial charge in [0.05, 0.1) is 30.5 Å². The number of ether oxygens (including phenoxy) is 2. The van der Waals surface area contributed by atoms with Gasteiger partial charge in [-0.1, -0.05) is 130 Å². The van der Waals surface area contributed by atoms with Crippen LogP contribution in [0.2, 0.25) is 0 Å². The third kappa shape index (κ3) is 22.8. The fourth-order valence-electron chi connectivity index (χ4n) is 5.11. The van der Waals surface area contributed by atoms with E-state index >= 15 is 0 Å². The van der Waals surface area contributed by atoms with Crippen molar-refractivity contribution in [3.05, 3.63) is 71.8 Å². The molecule has 0 aromatic heterocycles. The smallest absolute Gasteiger partial charge is 0.326 e. The number of esters is 2. The van der Waals surface area contributed by atoms with E-state index in [9.17, 15) is 24.3 Å². The standard InChI is InChI=1S/C15H21ClO2.C15H22O2.C7H14O2.C6H12O2.C2H6.2Y/c1-5-15(16,13(17)18-4)11-14(2,3)12-9-7-6-8-10-12;1-5-15(4,13(16)17)11-14(2,3)12-9-7-6-8-10-12;1-5-7(2,3)6(8)9-4;1-4-6(2,3)5(7)8;1-2;;/h6-10H,5,11H2,1-4H3;6-10H,5,11H2,1-4H3,(H,16,17);5H2,1-4H3;4H2,1-3H3,(H,7,8);1-2H3;;. The van der Waals surface area contributed by atoms with Crippen molar-refractivity contribution in [1.29, 1.82) is 0 Å². The number of halogens is 1. The maximum Gasteiger partial charge on any atom is 0.326 e. The van der Waals surface area contributed by atoms with Crippen LogP contribution in [-0.4, -0.2) is 53.2 Å². The second-order valence-electron chi connectivity index (χ2n) is 16.2. The van der Waals surface area contributed by atoms with Crippen molar-refractivity contribution in [3.8, 4) is 0 Å². The number of carbonyl (C=O) groups is 4. The van der Waals surface area contributed by atoms with Gasteiger partial charge in [0.2, 0.25) is 0 Å². The Balaban J connectivity index is -0.000000212. The second-order valence-corrected chi connectivity index (χ2v) is 16.9. The molecule has 0 fully saturated rings. The molecule has 0 bridgehead atoms. The quantitative estimate of drug-likeness (QED) is 0.142. The molecule has 0 aliphatic rings. The van der Waals surface area contributed by atoms with E-state index in [1.165, 1.54) is 25.3 Å². The molecule has 0 saturated carbocycles. The molecule has 2 aromatic rings. The van der Waals surface area contributed by atoms with Crippen LogP contribution in [-0.2, 0) is 105 Å². The minimum absolute atomic E-state index is 0. The Kier molecular flexibility index (Phi) is 34.2. The van der Waals surface area contributed by atoms with Crippen molar-refractivity contribution < 1.29 is 104 Å². The van der Waals surface area contributed by atoms with Gasteiger partial charge in [0.15, 0.2) is 0 Å². The summed E-state index contributed by atoms with van der Waals surface area (Å²) in [6.07, 6.45) is 3.91. The van der Waals surface area contributed by atoms with Crippen LogP contribution in [0.25, 0.3) is 0 Å². The first-order chi connectivity index (χ1) is 24.7. The SMILES string of the molecule is CC.CCC(C)(C)C(=O)O.CCC(C)(C)C(=O)OC.CCC(C)(CC(C)(C)c1ccccc1)C(=O)O.CCC(Cl)(CC(C)(C)c1ccccc1)C(=O)OC.[Y].[Y]. The van der Waals surface area contributed by atoms with Gasteiger partial charge in [0, 0.05) is 65.4 Å². The van der Waals surface area contributed by atoms with E-state index in [0.29, 0.717) is 32.1 Å². The van der Waals surface area contributed by atoms with Crippen LogP contribution in [0.1, 0.15) is 154 Å². The molecular weight excluding hydrogens is 882 g/mol. The van der Waals surface area contributed by atoms with E-state index < -0.39 is 27.6 Å². The van der Waals surface area contributed by atoms with E-state index in [1.807, 2.05) is 98.7 Å². The zero-order chi connectivity index (χ0) is 43.2. The number of carbonyl (C=O) groups excluding carboxylic acids is 2. The minimum atomic E-state index is -0.950. The normalized spacial score (nSPS) is 13.0. The number of rotatable bonds is 14. The Morgan fingerprint density at radius 2 is 0.875 bits per heavy atom. The molecule has 0 heterocycles. The van der Waals surface area contributed by atoms with Crippen molar-refractivity contribution in [3.63, 3.8) is 0 Å². The average molecular weight is 957 g/mol. The van der Waals surface area contributed by atoms with Crippen molar-refractivity contribution in [2.75, 3.05) is 14.2 Å². The Labute approximate surface area is 396 Å². The molecule has 2 atom stereocenters. The third-order valence-electron chi connectivity index (χ3n) is 10.2. The molecule has 316 valence electrons. The van der Waals surface area contributed by atoms with Gasteiger partial charge in [0.25, 0.3) is 0 Å². The number of methoxy groups -OCH3 is 2. The number of hydrogen-bond donors (Lipinski definition) is 2. The molecule has 2 radical (unpaired) electrons. The predicted octanol–water partition coefficient (Wildman–Crippen LogP) is 11.9. The molecule has 2 aromatic carbocycles. The van der Waals surface area contributed by atoms with Gasteiger partial charge < -0.3 is 19.7 Å². The Bertz CT molecular complexity index is 1380. The molecule has 2 N–H and O–H groups in total. The van der Waals surface area contributed by atoms with Gasteiger partial charge in [-0.15, -0.1) is 11.6 Å². The summed E-state index contributed by atoms with van der Waals surface area (Å²) in [5, 5.41) is 17.8. The largest absolute Gasteiger partial charge is 0.481 e. The monoisotopic (exact) mass is 956 g/mol. The molecule has 0 amide bonds. The third-order valence-corrected chi connectivity index (χ3v) is 10.7. The van der Waals surface area contributed by atoms with E-state index in [4.69, 9.17) is 21.4 Å². The maximum absolute atomic E-state index is 11.8. The number of alkyl halides is 1. The summed E-state index contributed by atoms with van der Waals surface area (Å²) < 4.78 is 9.38. The fourth-order valence-corrected chi connectivity index (χ4v) is 5.52. The predicted molar refractivity (Wildman–Crippen MR) is 224 cm³/mol. The van der Waals surface area contributed by atoms with E-state index in [0.717, 1.165) is 6.42 Å². The summed E-state index contributed by atoms with van der Waals surface area (Å²) in [6, 6.07) is 20.2. The first-order valence-electron chi connectivity index (χ1n) is 19.2. The van der Waals surface area contributed by atoms with Crippen molar-refractivity contribution >= 4 is 35.5 Å². The van der Waals surface area contributed by atoms with Gasteiger partial charge in [-0.3, -0.25) is 19.2 Å². The molecule has 8 nitrogen and oxygen atoms in total. The molecule has 2 unspecified atom stereocenters. The Morgan fingerprint density at radius 1 is 0.536 bits per heavy atom. The first-order valence-corrected chi connectivity index (χ1v) is 19.5. The van der Waals surface area contributed by atoms with Crippen LogP contribution >= 0.6 is 11.6 Å². The summed E-state index contributed by atoms with van der Waals surface area (Å²) in [4.78, 5) is 43.3. The molecule has 0 aliphatic heterocycles. The van der Waals surface area contributed by atoms with Gasteiger partial charge in [0.1, 0.15) is 4.87 Å². The van der Waals surface area contributed by atoms with E-state index in [1.54, 1.807) is 13.8 Å². The number of aliphatic carboxylic acids is 2. The van der Waals surface area contributed by atoms with Gasteiger partial charge in [-0.2, -0.15) is 0 Å². The Morgan fingerprint density at radius 3 is 1.09 bits per heavy atom. The van der Waals surface area contributed by atoms with Crippen molar-refractivity contribution in [2.24, 2.45) is 16.2 Å². The van der Waals surface area contributed by atoms with E-state index in [-0.39, 0.29) is 93.6 Å². The Hall–Kier alpha value is -1.18. The number of carboxylic acid groups (broad SMARTS) is 2. The van der Waals surface area contributed by atoms with Crippen LogP contribution in [0, 0.1) is 16.2 Å². The number of hydrogen-bond acceptors (Lipinski definition) is 6. The van der Waals surface area contributed by atoms with Crippen molar-refractivity contribution in [1.82, 2.24) is 0 Å². The topological polar surface area (TPSA) is 127 Å². The zero-order valence-electron chi connectivity index (χ0n) is 37.9. The molecule has 56 heavy (non-hydrogen) atoms. The van der Waals surface area contributed by atoms with Crippen LogP contribution in [0.4, 0.5) is 0 Å². The van der Waals surface area contributed by atoms with Crippen LogP contribution in [0.5, 0.6) is 0 Å². The van der Waals surface area contributed by atoms with Crippen LogP contribution < -0.4 is 0 Å². The van der Waals surface area contributed by atoms with Crippen molar-refractivity contribution in [2.45, 2.75) is 158 Å². The number of benzene rings is 2. The molecule has 11 heteroatoms. The molecule has 0 saturated heterocycles. The summed E-state index contributed by atoms with van der Waals surface area (Å²) in [6.45, 7) is 29.1. The fraction of sp³-hybridized carbons (Fsp3) is 0.644. The van der Waals surface area contributed by atoms with E-state index in [2.05, 4.69) is 56.7 Å². The van der Waals surface area contributed by atoms with Crippen LogP contribution in [0.3, 0.4) is 0 Å². The summed E-state index contributed by atoms with van der Waals surface area (Å²) in [5.41, 5.74) is 0.569.